The van der Waals surface area contributed by atoms with Crippen LogP contribution in [0.15, 0.2) is 33.7 Å². The van der Waals surface area contributed by atoms with Crippen LogP contribution in [0.25, 0.3) is 0 Å². The SMILES string of the molecule is Cc1cc(NC(=O)C(C)OC(=O)c2cc(S(=O)(=O)N(C)C)ccc2N2CCOCC2)no1. The second-order valence-electron chi connectivity index (χ2n) is 7.43. The molecule has 1 atom stereocenters. The number of esters is 1. The van der Waals surface area contributed by atoms with E-state index in [0.717, 1.165) is 4.31 Å². The number of nitrogens with zero attached hydrogens (tertiary/aromatic N) is 3. The highest BCUT2D eigenvalue weighted by Gasteiger charge is 2.27. The van der Waals surface area contributed by atoms with Crippen molar-refractivity contribution in [3.63, 3.8) is 0 Å². The van der Waals surface area contributed by atoms with E-state index in [1.807, 2.05) is 4.90 Å². The number of amides is 1. The van der Waals surface area contributed by atoms with Crippen molar-refractivity contribution < 1.29 is 32.0 Å². The fourth-order valence-corrected chi connectivity index (χ4v) is 3.99. The zero-order valence-electron chi connectivity index (χ0n) is 18.3. The molecule has 1 unspecified atom stereocenters. The fourth-order valence-electron chi connectivity index (χ4n) is 3.06. The Morgan fingerprint density at radius 2 is 1.91 bits per heavy atom. The first-order valence-electron chi connectivity index (χ1n) is 9.94. The van der Waals surface area contributed by atoms with E-state index in [2.05, 4.69) is 10.5 Å². The van der Waals surface area contributed by atoms with Gasteiger partial charge in [0.1, 0.15) is 5.76 Å². The predicted molar refractivity (Wildman–Crippen MR) is 115 cm³/mol. The summed E-state index contributed by atoms with van der Waals surface area (Å²) in [6.45, 7) is 5.09. The highest BCUT2D eigenvalue weighted by Crippen LogP contribution is 2.27. The molecule has 1 saturated heterocycles. The number of aryl methyl sites for hydroxylation is 1. The predicted octanol–water partition coefficient (Wildman–Crippen LogP) is 1.25. The van der Waals surface area contributed by atoms with E-state index in [0.29, 0.717) is 37.8 Å². The Labute approximate surface area is 186 Å². The van der Waals surface area contributed by atoms with E-state index in [1.54, 1.807) is 13.0 Å². The zero-order valence-corrected chi connectivity index (χ0v) is 19.1. The van der Waals surface area contributed by atoms with Crippen molar-refractivity contribution in [1.82, 2.24) is 9.46 Å². The van der Waals surface area contributed by atoms with Gasteiger partial charge in [0.05, 0.1) is 29.4 Å². The molecule has 1 aromatic heterocycles. The number of rotatable bonds is 7. The van der Waals surface area contributed by atoms with Crippen molar-refractivity contribution in [3.05, 3.63) is 35.6 Å². The lowest BCUT2D eigenvalue weighted by Crippen LogP contribution is -2.37. The molecule has 1 amide bonds. The summed E-state index contributed by atoms with van der Waals surface area (Å²) in [5.74, 6) is -0.708. The first-order chi connectivity index (χ1) is 15.1. The van der Waals surface area contributed by atoms with E-state index in [9.17, 15) is 18.0 Å². The molecule has 0 aliphatic carbocycles. The van der Waals surface area contributed by atoms with Crippen molar-refractivity contribution in [2.24, 2.45) is 0 Å². The van der Waals surface area contributed by atoms with Gasteiger partial charge in [0.15, 0.2) is 11.9 Å². The molecular weight excluding hydrogens is 440 g/mol. The Bertz CT molecular complexity index is 1090. The van der Waals surface area contributed by atoms with E-state index < -0.39 is 28.0 Å². The number of sulfonamides is 1. The summed E-state index contributed by atoms with van der Waals surface area (Å²) in [6.07, 6.45) is -1.16. The molecule has 1 N–H and O–H groups in total. The van der Waals surface area contributed by atoms with Crippen LogP contribution in [0.1, 0.15) is 23.0 Å². The smallest absolute Gasteiger partial charge is 0.341 e. The van der Waals surface area contributed by atoms with Gasteiger partial charge in [0, 0.05) is 33.3 Å². The van der Waals surface area contributed by atoms with Gasteiger partial charge in [-0.15, -0.1) is 0 Å². The molecule has 3 rings (SSSR count). The van der Waals surface area contributed by atoms with Crippen molar-refractivity contribution in [3.8, 4) is 0 Å². The summed E-state index contributed by atoms with van der Waals surface area (Å²) in [6, 6.07) is 5.81. The summed E-state index contributed by atoms with van der Waals surface area (Å²) >= 11 is 0. The number of hydrogen-bond acceptors (Lipinski definition) is 9. The summed E-state index contributed by atoms with van der Waals surface area (Å²) < 4.78 is 41.9. The van der Waals surface area contributed by atoms with Crippen LogP contribution in [0.2, 0.25) is 0 Å². The number of morpholine rings is 1. The van der Waals surface area contributed by atoms with E-state index in [4.69, 9.17) is 14.0 Å². The Morgan fingerprint density at radius 1 is 1.22 bits per heavy atom. The molecular formula is C20H26N4O7S. The minimum atomic E-state index is -3.78. The molecule has 1 aromatic carbocycles. The third-order valence-electron chi connectivity index (χ3n) is 4.85. The molecule has 11 nitrogen and oxygen atoms in total. The quantitative estimate of drug-likeness (QED) is 0.599. The molecule has 2 heterocycles. The molecule has 1 fully saturated rings. The zero-order chi connectivity index (χ0) is 23.5. The number of aromatic nitrogens is 1. The number of anilines is 2. The van der Waals surface area contributed by atoms with E-state index >= 15 is 0 Å². The van der Waals surface area contributed by atoms with Crippen LogP contribution in [0, 0.1) is 6.92 Å². The minimum Gasteiger partial charge on any atom is -0.449 e. The third-order valence-corrected chi connectivity index (χ3v) is 6.66. The van der Waals surface area contributed by atoms with Gasteiger partial charge in [-0.3, -0.25) is 4.79 Å². The Morgan fingerprint density at radius 3 is 2.50 bits per heavy atom. The molecule has 0 saturated carbocycles. The van der Waals surface area contributed by atoms with Crippen LogP contribution in [-0.4, -0.2) is 76.3 Å². The van der Waals surface area contributed by atoms with Gasteiger partial charge in [0.2, 0.25) is 10.0 Å². The maximum Gasteiger partial charge on any atom is 0.341 e. The maximum absolute atomic E-state index is 13.0. The van der Waals surface area contributed by atoms with Gasteiger partial charge in [-0.25, -0.2) is 17.5 Å². The van der Waals surface area contributed by atoms with E-state index in [-0.39, 0.29) is 16.3 Å². The van der Waals surface area contributed by atoms with Crippen LogP contribution < -0.4 is 10.2 Å². The molecule has 12 heteroatoms. The first kappa shape index (κ1) is 23.7. The largest absolute Gasteiger partial charge is 0.449 e. The van der Waals surface area contributed by atoms with Gasteiger partial charge in [-0.2, -0.15) is 0 Å². The molecule has 0 spiro atoms. The van der Waals surface area contributed by atoms with Crippen molar-refractivity contribution >= 4 is 33.4 Å². The van der Waals surface area contributed by atoms with Crippen molar-refractivity contribution in [2.75, 3.05) is 50.6 Å². The first-order valence-corrected chi connectivity index (χ1v) is 11.4. The molecule has 1 aliphatic rings. The maximum atomic E-state index is 13.0. The Balaban J connectivity index is 1.86. The fraction of sp³-hybridized carbons (Fsp3) is 0.450. The second-order valence-corrected chi connectivity index (χ2v) is 9.58. The molecule has 0 bridgehead atoms. The summed E-state index contributed by atoms with van der Waals surface area (Å²) in [7, 11) is -0.971. The van der Waals surface area contributed by atoms with Crippen LogP contribution in [0.5, 0.6) is 0 Å². The summed E-state index contributed by atoms with van der Waals surface area (Å²) in [5, 5.41) is 6.17. The highest BCUT2D eigenvalue weighted by atomic mass is 32.2. The van der Waals surface area contributed by atoms with Crippen LogP contribution in [0.3, 0.4) is 0 Å². The van der Waals surface area contributed by atoms with Gasteiger partial charge < -0.3 is 24.2 Å². The minimum absolute atomic E-state index is 0.0479. The number of carbonyl (C=O) groups is 2. The Hall–Kier alpha value is -2.96. The van der Waals surface area contributed by atoms with Gasteiger partial charge in [-0.1, -0.05) is 5.16 Å². The lowest BCUT2D eigenvalue weighted by Gasteiger charge is -2.30. The lowest BCUT2D eigenvalue weighted by molar-refractivity contribution is -0.123. The highest BCUT2D eigenvalue weighted by molar-refractivity contribution is 7.89. The number of nitrogens with one attached hydrogen (secondary N) is 1. The summed E-state index contributed by atoms with van der Waals surface area (Å²) in [4.78, 5) is 27.3. The number of hydrogen-bond donors (Lipinski definition) is 1. The van der Waals surface area contributed by atoms with Crippen LogP contribution >= 0.6 is 0 Å². The summed E-state index contributed by atoms with van der Waals surface area (Å²) in [5.41, 5.74) is 0.558. The molecule has 2 aromatic rings. The normalized spacial score (nSPS) is 15.5. The third kappa shape index (κ3) is 5.26. The monoisotopic (exact) mass is 466 g/mol. The molecule has 174 valence electrons. The second kappa shape index (κ2) is 9.67. The number of ether oxygens (including phenoxy) is 2. The Kier molecular flexibility index (Phi) is 7.16. The van der Waals surface area contributed by atoms with Crippen molar-refractivity contribution in [1.29, 1.82) is 0 Å². The topological polar surface area (TPSA) is 131 Å². The van der Waals surface area contributed by atoms with Gasteiger partial charge in [0.25, 0.3) is 5.91 Å². The lowest BCUT2D eigenvalue weighted by atomic mass is 10.1. The average Bonchev–Trinajstić information content (AvgIpc) is 3.18. The van der Waals surface area contributed by atoms with Gasteiger partial charge in [-0.05, 0) is 32.0 Å². The van der Waals surface area contributed by atoms with Crippen molar-refractivity contribution in [2.45, 2.75) is 24.8 Å². The number of benzene rings is 1. The molecule has 0 radical (unpaired) electrons. The average molecular weight is 467 g/mol. The van der Waals surface area contributed by atoms with Crippen LogP contribution in [-0.2, 0) is 24.3 Å². The van der Waals surface area contributed by atoms with Gasteiger partial charge >= 0.3 is 5.97 Å². The molecule has 32 heavy (non-hydrogen) atoms. The van der Waals surface area contributed by atoms with E-state index in [1.165, 1.54) is 39.2 Å². The standard InChI is InChI=1S/C20H26N4O7S/c1-13-11-18(22-31-13)21-19(25)14(2)30-20(26)16-12-15(32(27,28)23(3)4)5-6-17(16)24-7-9-29-10-8-24/h5-6,11-12,14H,7-10H2,1-4H3,(H,21,22,25). The van der Waals surface area contributed by atoms with Crippen LogP contribution in [0.4, 0.5) is 11.5 Å². The number of carbonyl (C=O) groups excluding carboxylic acids is 2. The molecule has 1 aliphatic heterocycles.